The van der Waals surface area contributed by atoms with Gasteiger partial charge < -0.3 is 4.52 Å². The summed E-state index contributed by atoms with van der Waals surface area (Å²) in [4.78, 5) is 3.33. The molecule has 0 N–H and O–H groups in total. The molecule has 1 aromatic carbocycles. The van der Waals surface area contributed by atoms with E-state index >= 15 is 0 Å². The maximum Gasteiger partial charge on any atom is 0.471 e. The SMILES string of the molecule is FC(F)(F)c1nc(-c2ccc(Cn3ccc(Cl)n3)cc2)no1. The number of hydrogen-bond donors (Lipinski definition) is 0. The van der Waals surface area contributed by atoms with Crippen molar-refractivity contribution in [2.45, 2.75) is 12.7 Å². The van der Waals surface area contributed by atoms with Crippen molar-refractivity contribution in [2.24, 2.45) is 0 Å². The van der Waals surface area contributed by atoms with E-state index in [1.54, 1.807) is 41.2 Å². The fraction of sp³-hybridized carbons (Fsp3) is 0.154. The van der Waals surface area contributed by atoms with Gasteiger partial charge in [-0.25, -0.2) is 0 Å². The lowest BCUT2D eigenvalue weighted by Gasteiger charge is -2.02. The molecule has 0 atom stereocenters. The molecule has 0 bridgehead atoms. The molecular weight excluding hydrogens is 321 g/mol. The van der Waals surface area contributed by atoms with E-state index in [-0.39, 0.29) is 5.82 Å². The zero-order valence-electron chi connectivity index (χ0n) is 10.9. The van der Waals surface area contributed by atoms with Crippen LogP contribution in [-0.4, -0.2) is 19.9 Å². The van der Waals surface area contributed by atoms with Crippen LogP contribution in [0.3, 0.4) is 0 Å². The van der Waals surface area contributed by atoms with Crippen molar-refractivity contribution in [1.82, 2.24) is 19.9 Å². The van der Waals surface area contributed by atoms with Crippen molar-refractivity contribution >= 4 is 11.6 Å². The average molecular weight is 329 g/mol. The predicted molar refractivity (Wildman–Crippen MR) is 71.1 cm³/mol. The van der Waals surface area contributed by atoms with E-state index in [1.165, 1.54) is 0 Å². The second-order valence-corrected chi connectivity index (χ2v) is 4.84. The zero-order valence-corrected chi connectivity index (χ0v) is 11.6. The molecule has 114 valence electrons. The van der Waals surface area contributed by atoms with Crippen molar-refractivity contribution in [1.29, 1.82) is 0 Å². The maximum atomic E-state index is 12.4. The molecule has 0 fully saturated rings. The van der Waals surface area contributed by atoms with E-state index in [2.05, 4.69) is 19.8 Å². The first-order chi connectivity index (χ1) is 10.4. The normalized spacial score (nSPS) is 11.8. The minimum absolute atomic E-state index is 0.110. The molecular formula is C13H8ClF3N4O. The van der Waals surface area contributed by atoms with Crippen molar-refractivity contribution in [3.05, 3.63) is 53.1 Å². The van der Waals surface area contributed by atoms with Gasteiger partial charge in [0.2, 0.25) is 5.82 Å². The van der Waals surface area contributed by atoms with Gasteiger partial charge in [0.15, 0.2) is 5.15 Å². The smallest absolute Gasteiger partial charge is 0.329 e. The molecule has 0 saturated carbocycles. The Hall–Kier alpha value is -2.35. The van der Waals surface area contributed by atoms with Gasteiger partial charge in [-0.1, -0.05) is 41.0 Å². The predicted octanol–water partition coefficient (Wildman–Crippen LogP) is 3.65. The number of alkyl halides is 3. The fourth-order valence-corrected chi connectivity index (χ4v) is 1.98. The van der Waals surface area contributed by atoms with E-state index in [1.807, 2.05) is 0 Å². The summed E-state index contributed by atoms with van der Waals surface area (Å²) in [5.74, 6) is -1.47. The Bertz CT molecular complexity index is 779. The van der Waals surface area contributed by atoms with Gasteiger partial charge >= 0.3 is 12.1 Å². The van der Waals surface area contributed by atoms with Gasteiger partial charge in [0.25, 0.3) is 0 Å². The van der Waals surface area contributed by atoms with Crippen LogP contribution in [0.25, 0.3) is 11.4 Å². The molecule has 0 amide bonds. The van der Waals surface area contributed by atoms with E-state index in [0.717, 1.165) is 5.56 Å². The third-order valence-electron chi connectivity index (χ3n) is 2.83. The Kier molecular flexibility index (Phi) is 3.61. The van der Waals surface area contributed by atoms with Gasteiger partial charge in [-0.15, -0.1) is 0 Å². The molecule has 5 nitrogen and oxygen atoms in total. The molecule has 0 spiro atoms. The fourth-order valence-electron chi connectivity index (χ4n) is 1.83. The van der Waals surface area contributed by atoms with Crippen LogP contribution in [-0.2, 0) is 12.7 Å². The van der Waals surface area contributed by atoms with Gasteiger partial charge in [0.1, 0.15) is 0 Å². The minimum atomic E-state index is -4.65. The molecule has 0 aliphatic heterocycles. The Morgan fingerprint density at radius 3 is 2.41 bits per heavy atom. The molecule has 0 aliphatic carbocycles. The largest absolute Gasteiger partial charge is 0.471 e. The van der Waals surface area contributed by atoms with Crippen LogP contribution < -0.4 is 0 Å². The molecule has 3 aromatic rings. The highest BCUT2D eigenvalue weighted by Gasteiger charge is 2.38. The van der Waals surface area contributed by atoms with Gasteiger partial charge in [0.05, 0.1) is 6.54 Å². The number of aromatic nitrogens is 4. The first-order valence-corrected chi connectivity index (χ1v) is 6.49. The van der Waals surface area contributed by atoms with Crippen molar-refractivity contribution in [2.75, 3.05) is 0 Å². The lowest BCUT2D eigenvalue weighted by atomic mass is 10.1. The first-order valence-electron chi connectivity index (χ1n) is 6.11. The molecule has 0 unspecified atom stereocenters. The summed E-state index contributed by atoms with van der Waals surface area (Å²) < 4.78 is 43.1. The van der Waals surface area contributed by atoms with Crippen LogP contribution in [0.5, 0.6) is 0 Å². The monoisotopic (exact) mass is 328 g/mol. The maximum absolute atomic E-state index is 12.4. The molecule has 2 heterocycles. The molecule has 22 heavy (non-hydrogen) atoms. The van der Waals surface area contributed by atoms with Crippen LogP contribution in [0.4, 0.5) is 13.2 Å². The van der Waals surface area contributed by atoms with E-state index in [4.69, 9.17) is 11.6 Å². The van der Waals surface area contributed by atoms with Crippen LogP contribution in [0.15, 0.2) is 41.1 Å². The van der Waals surface area contributed by atoms with Crippen LogP contribution in [0, 0.1) is 0 Å². The van der Waals surface area contributed by atoms with Crippen molar-refractivity contribution in [3.63, 3.8) is 0 Å². The van der Waals surface area contributed by atoms with Crippen LogP contribution >= 0.6 is 11.6 Å². The topological polar surface area (TPSA) is 56.7 Å². The average Bonchev–Trinajstić information content (AvgIpc) is 3.08. The van der Waals surface area contributed by atoms with Gasteiger partial charge in [-0.2, -0.15) is 23.3 Å². The second kappa shape index (κ2) is 5.45. The summed E-state index contributed by atoms with van der Waals surface area (Å²) in [6, 6.07) is 8.38. The number of benzene rings is 1. The summed E-state index contributed by atoms with van der Waals surface area (Å²) >= 11 is 5.72. The Labute approximate surface area is 127 Å². The van der Waals surface area contributed by atoms with Gasteiger partial charge in [-0.3, -0.25) is 4.68 Å². The molecule has 0 radical (unpaired) electrons. The summed E-state index contributed by atoms with van der Waals surface area (Å²) in [7, 11) is 0. The van der Waals surface area contributed by atoms with E-state index in [0.29, 0.717) is 17.3 Å². The molecule has 9 heteroatoms. The Morgan fingerprint density at radius 1 is 1.14 bits per heavy atom. The third-order valence-corrected chi connectivity index (χ3v) is 3.03. The summed E-state index contributed by atoms with van der Waals surface area (Å²) in [6.07, 6.45) is -2.92. The third kappa shape index (κ3) is 3.11. The van der Waals surface area contributed by atoms with E-state index in [9.17, 15) is 13.2 Å². The number of halogens is 4. The lowest BCUT2D eigenvalue weighted by Crippen LogP contribution is -2.04. The number of hydrogen-bond acceptors (Lipinski definition) is 4. The van der Waals surface area contributed by atoms with Crippen LogP contribution in [0.2, 0.25) is 5.15 Å². The highest BCUT2D eigenvalue weighted by molar-refractivity contribution is 6.29. The molecule has 2 aromatic heterocycles. The minimum Gasteiger partial charge on any atom is -0.329 e. The highest BCUT2D eigenvalue weighted by atomic mass is 35.5. The van der Waals surface area contributed by atoms with Gasteiger partial charge in [0, 0.05) is 11.8 Å². The lowest BCUT2D eigenvalue weighted by molar-refractivity contribution is -0.159. The number of rotatable bonds is 3. The van der Waals surface area contributed by atoms with Gasteiger partial charge in [-0.05, 0) is 11.6 Å². The van der Waals surface area contributed by atoms with Crippen LogP contribution in [0.1, 0.15) is 11.5 Å². The highest BCUT2D eigenvalue weighted by Crippen LogP contribution is 2.29. The molecule has 0 saturated heterocycles. The van der Waals surface area contributed by atoms with Crippen molar-refractivity contribution in [3.8, 4) is 11.4 Å². The number of nitrogens with zero attached hydrogens (tertiary/aromatic N) is 4. The standard InChI is InChI=1S/C13H8ClF3N4O/c14-10-5-6-21(19-10)7-8-1-3-9(4-2-8)11-18-12(22-20-11)13(15,16)17/h1-6H,7H2. The quantitative estimate of drug-likeness (QED) is 0.736. The zero-order chi connectivity index (χ0) is 15.7. The summed E-state index contributed by atoms with van der Waals surface area (Å²) in [5, 5.41) is 7.75. The van der Waals surface area contributed by atoms with E-state index < -0.39 is 12.1 Å². The summed E-state index contributed by atoms with van der Waals surface area (Å²) in [5.41, 5.74) is 1.34. The Morgan fingerprint density at radius 2 is 1.86 bits per heavy atom. The Balaban J connectivity index is 1.78. The molecule has 3 rings (SSSR count). The first kappa shape index (κ1) is 14.6. The summed E-state index contributed by atoms with van der Waals surface area (Å²) in [6.45, 7) is 0.493. The van der Waals surface area contributed by atoms with Crippen molar-refractivity contribution < 1.29 is 17.7 Å². The second-order valence-electron chi connectivity index (χ2n) is 4.45. The molecule has 0 aliphatic rings.